The van der Waals surface area contributed by atoms with Crippen molar-refractivity contribution < 1.29 is 23.4 Å². The van der Waals surface area contributed by atoms with E-state index in [0.717, 1.165) is 28.1 Å². The Balaban J connectivity index is 1.27. The van der Waals surface area contributed by atoms with Crippen LogP contribution in [0, 0.1) is 5.82 Å². The van der Waals surface area contributed by atoms with Gasteiger partial charge in [-0.1, -0.05) is 36.4 Å². The Labute approximate surface area is 261 Å². The Morgan fingerprint density at radius 1 is 1.16 bits per heavy atom. The van der Waals surface area contributed by atoms with Crippen LogP contribution in [0.1, 0.15) is 11.3 Å². The van der Waals surface area contributed by atoms with E-state index in [1.54, 1.807) is 18.1 Å². The van der Waals surface area contributed by atoms with Crippen molar-refractivity contribution in [3.63, 3.8) is 0 Å². The molecule has 0 radical (unpaired) electrons. The molecule has 0 saturated carbocycles. The molecule has 2 aromatic carbocycles. The van der Waals surface area contributed by atoms with E-state index < -0.39 is 5.82 Å². The Hall–Kier alpha value is -3.51. The van der Waals surface area contributed by atoms with Gasteiger partial charge >= 0.3 is 6.01 Å². The van der Waals surface area contributed by atoms with Crippen molar-refractivity contribution in [1.82, 2.24) is 19.8 Å². The number of hydrogen-bond donors (Lipinski definition) is 0. The number of methoxy groups -OCH3 is 1. The molecule has 0 bridgehead atoms. The average molecular weight is 625 g/mol. The largest absolute Gasteiger partial charge is 0.462 e. The standard InChI is InChI=1S/C32H38ClFN6O4/c1-4-27(41)38-12-14-39(15-13-38)30-23-10-11-40(26-7-5-6-22-8-9-24(34)29(33)28(22)26)18-25(23)35-31(36-30)44-17-16-37(2)32(19-42-3)20-43-21-32/h4-9H,1,10-21H2,2-3H3. The van der Waals surface area contributed by atoms with Crippen LogP contribution in [0.4, 0.5) is 15.9 Å². The summed E-state index contributed by atoms with van der Waals surface area (Å²) in [5, 5.41) is 1.70. The van der Waals surface area contributed by atoms with Crippen LogP contribution in [-0.2, 0) is 27.2 Å². The van der Waals surface area contributed by atoms with Crippen LogP contribution in [-0.4, -0.2) is 111 Å². The van der Waals surface area contributed by atoms with Gasteiger partial charge < -0.3 is 28.9 Å². The molecule has 6 rings (SSSR count). The molecule has 3 aliphatic heterocycles. The Kier molecular flexibility index (Phi) is 8.91. The summed E-state index contributed by atoms with van der Waals surface area (Å²) in [7, 11) is 3.75. The van der Waals surface area contributed by atoms with Crippen LogP contribution >= 0.6 is 11.6 Å². The first-order chi connectivity index (χ1) is 21.3. The van der Waals surface area contributed by atoms with Gasteiger partial charge in [-0.05, 0) is 37.1 Å². The maximum atomic E-state index is 14.5. The lowest BCUT2D eigenvalue weighted by Crippen LogP contribution is -2.64. The van der Waals surface area contributed by atoms with Gasteiger partial charge in [0.25, 0.3) is 0 Å². The molecule has 2 fully saturated rings. The van der Waals surface area contributed by atoms with Crippen molar-refractivity contribution >= 4 is 39.8 Å². The van der Waals surface area contributed by atoms with Crippen molar-refractivity contribution in [3.05, 3.63) is 65.1 Å². The first-order valence-electron chi connectivity index (χ1n) is 14.9. The molecule has 3 aliphatic rings. The SMILES string of the molecule is C=CC(=O)N1CCN(c2nc(OCCN(C)C3(COC)COC3)nc3c2CCN(c2cccc4ccc(F)c(Cl)c24)C3)CC1. The fourth-order valence-corrected chi connectivity index (χ4v) is 6.54. The molecule has 4 heterocycles. The van der Waals surface area contributed by atoms with E-state index in [1.807, 2.05) is 25.2 Å². The number of benzene rings is 2. The van der Waals surface area contributed by atoms with Gasteiger partial charge in [-0.3, -0.25) is 9.69 Å². The summed E-state index contributed by atoms with van der Waals surface area (Å²) in [6.07, 6.45) is 2.06. The summed E-state index contributed by atoms with van der Waals surface area (Å²) in [4.78, 5) is 30.4. The summed E-state index contributed by atoms with van der Waals surface area (Å²) in [5.74, 6) is 0.338. The van der Waals surface area contributed by atoms with E-state index in [1.165, 1.54) is 12.1 Å². The molecule has 12 heteroatoms. The maximum Gasteiger partial charge on any atom is 0.318 e. The van der Waals surface area contributed by atoms with Crippen molar-refractivity contribution in [1.29, 1.82) is 0 Å². The summed E-state index contributed by atoms with van der Waals surface area (Å²) in [6.45, 7) is 10.1. The second-order valence-electron chi connectivity index (χ2n) is 11.6. The number of fused-ring (bicyclic) bond motifs is 2. The third kappa shape index (κ3) is 5.81. The molecule has 1 amide bonds. The normalized spacial score (nSPS) is 17.9. The van der Waals surface area contributed by atoms with E-state index in [0.29, 0.717) is 90.1 Å². The average Bonchev–Trinajstić information content (AvgIpc) is 3.03. The number of carbonyl (C=O) groups is 1. The lowest BCUT2D eigenvalue weighted by Gasteiger charge is -2.47. The van der Waals surface area contributed by atoms with Crippen molar-refractivity contribution in [2.75, 3.05) is 89.7 Å². The van der Waals surface area contributed by atoms with Gasteiger partial charge in [-0.2, -0.15) is 9.97 Å². The van der Waals surface area contributed by atoms with Gasteiger partial charge in [-0.15, -0.1) is 0 Å². The highest BCUT2D eigenvalue weighted by molar-refractivity contribution is 6.36. The highest BCUT2D eigenvalue weighted by Crippen LogP contribution is 2.38. The third-order valence-corrected chi connectivity index (χ3v) is 9.33. The summed E-state index contributed by atoms with van der Waals surface area (Å²) >= 11 is 6.49. The molecular weight excluding hydrogens is 587 g/mol. The smallest absolute Gasteiger partial charge is 0.318 e. The molecule has 3 aromatic rings. The molecule has 44 heavy (non-hydrogen) atoms. The number of rotatable bonds is 10. The first kappa shape index (κ1) is 30.5. The molecule has 0 aliphatic carbocycles. The summed E-state index contributed by atoms with van der Waals surface area (Å²) < 4.78 is 31.6. The highest BCUT2D eigenvalue weighted by Gasteiger charge is 2.42. The summed E-state index contributed by atoms with van der Waals surface area (Å²) in [6, 6.07) is 9.35. The molecule has 10 nitrogen and oxygen atoms in total. The minimum Gasteiger partial charge on any atom is -0.462 e. The van der Waals surface area contributed by atoms with Crippen molar-refractivity contribution in [3.8, 4) is 6.01 Å². The second kappa shape index (κ2) is 12.8. The number of ether oxygens (including phenoxy) is 3. The zero-order valence-electron chi connectivity index (χ0n) is 25.2. The Morgan fingerprint density at radius 3 is 2.66 bits per heavy atom. The molecule has 0 atom stereocenters. The van der Waals surface area contributed by atoms with Crippen LogP contribution in [0.2, 0.25) is 5.02 Å². The van der Waals surface area contributed by atoms with Crippen molar-refractivity contribution in [2.24, 2.45) is 0 Å². The van der Waals surface area contributed by atoms with E-state index >= 15 is 0 Å². The Bertz CT molecular complexity index is 1540. The van der Waals surface area contributed by atoms with Gasteiger partial charge in [-0.25, -0.2) is 4.39 Å². The quantitative estimate of drug-likeness (QED) is 0.315. The first-order valence-corrected chi connectivity index (χ1v) is 15.3. The molecule has 2 saturated heterocycles. The fraction of sp³-hybridized carbons (Fsp3) is 0.469. The predicted molar refractivity (Wildman–Crippen MR) is 168 cm³/mol. The number of amides is 1. The van der Waals surface area contributed by atoms with Crippen molar-refractivity contribution in [2.45, 2.75) is 18.5 Å². The minimum atomic E-state index is -0.441. The molecule has 0 N–H and O–H groups in total. The maximum absolute atomic E-state index is 14.5. The van der Waals surface area contributed by atoms with Crippen LogP contribution in [0.15, 0.2) is 43.0 Å². The van der Waals surface area contributed by atoms with Gasteiger partial charge in [0, 0.05) is 63.0 Å². The number of aromatic nitrogens is 2. The van der Waals surface area contributed by atoms with Gasteiger partial charge in [0.05, 0.1) is 42.6 Å². The number of piperazine rings is 1. The molecule has 0 unspecified atom stereocenters. The number of hydrogen-bond acceptors (Lipinski definition) is 9. The summed E-state index contributed by atoms with van der Waals surface area (Å²) in [5.41, 5.74) is 2.64. The number of likely N-dealkylation sites (N-methyl/N-ethyl adjacent to an activating group) is 1. The van der Waals surface area contributed by atoms with Gasteiger partial charge in [0.15, 0.2) is 0 Å². The molecule has 234 valence electrons. The number of nitrogens with zero attached hydrogens (tertiary/aromatic N) is 6. The zero-order chi connectivity index (χ0) is 30.8. The van der Waals surface area contributed by atoms with E-state index in [4.69, 9.17) is 35.8 Å². The third-order valence-electron chi connectivity index (χ3n) is 8.96. The van der Waals surface area contributed by atoms with Crippen LogP contribution in [0.3, 0.4) is 0 Å². The van der Waals surface area contributed by atoms with E-state index in [-0.39, 0.29) is 16.5 Å². The monoisotopic (exact) mass is 624 g/mol. The van der Waals surface area contributed by atoms with E-state index in [9.17, 15) is 9.18 Å². The highest BCUT2D eigenvalue weighted by atomic mass is 35.5. The van der Waals surface area contributed by atoms with E-state index in [2.05, 4.69) is 21.3 Å². The zero-order valence-corrected chi connectivity index (χ0v) is 26.0. The molecule has 0 spiro atoms. The second-order valence-corrected chi connectivity index (χ2v) is 12.0. The lowest BCUT2D eigenvalue weighted by atomic mass is 9.97. The lowest BCUT2D eigenvalue weighted by molar-refractivity contribution is -0.159. The number of carbonyl (C=O) groups excluding carboxylic acids is 1. The minimum absolute atomic E-state index is 0.0635. The molecule has 1 aromatic heterocycles. The van der Waals surface area contributed by atoms with Gasteiger partial charge in [0.1, 0.15) is 18.2 Å². The topological polar surface area (TPSA) is 83.5 Å². The molecular formula is C32H38ClFN6O4. The van der Waals surface area contributed by atoms with Crippen LogP contribution in [0.25, 0.3) is 10.8 Å². The Morgan fingerprint density at radius 2 is 1.95 bits per heavy atom. The number of halogens is 2. The van der Waals surface area contributed by atoms with Crippen LogP contribution in [0.5, 0.6) is 6.01 Å². The van der Waals surface area contributed by atoms with Gasteiger partial charge in [0.2, 0.25) is 5.91 Å². The fourth-order valence-electron chi connectivity index (χ4n) is 6.27. The predicted octanol–water partition coefficient (Wildman–Crippen LogP) is 3.55. The number of anilines is 2. The van der Waals surface area contributed by atoms with Crippen LogP contribution < -0.4 is 14.5 Å².